The second-order valence-corrected chi connectivity index (χ2v) is 2.65. The SMILES string of the molecule is COc1ccc([C@@H](O)CC#N)cc1. The zero-order valence-electron chi connectivity index (χ0n) is 7.40. The van der Waals surface area contributed by atoms with E-state index < -0.39 is 6.10 Å². The van der Waals surface area contributed by atoms with Crippen LogP contribution >= 0.6 is 0 Å². The molecule has 3 heteroatoms. The predicted octanol–water partition coefficient (Wildman–Crippen LogP) is 1.64. The van der Waals surface area contributed by atoms with Crippen molar-refractivity contribution in [3.63, 3.8) is 0 Å². The molecule has 0 aliphatic rings. The summed E-state index contributed by atoms with van der Waals surface area (Å²) < 4.78 is 4.96. The molecule has 0 aromatic heterocycles. The molecule has 0 amide bonds. The zero-order chi connectivity index (χ0) is 9.68. The number of aliphatic hydroxyl groups excluding tert-OH is 1. The van der Waals surface area contributed by atoms with Crippen molar-refractivity contribution in [3.8, 4) is 11.8 Å². The van der Waals surface area contributed by atoms with Crippen LogP contribution in [0.5, 0.6) is 5.75 Å². The van der Waals surface area contributed by atoms with E-state index in [1.807, 2.05) is 6.07 Å². The Hall–Kier alpha value is -1.53. The molecule has 1 N–H and O–H groups in total. The molecule has 1 aromatic carbocycles. The quantitative estimate of drug-likeness (QED) is 0.763. The lowest BCUT2D eigenvalue weighted by Gasteiger charge is -2.06. The van der Waals surface area contributed by atoms with Crippen LogP contribution in [0.3, 0.4) is 0 Å². The average Bonchev–Trinajstić information content (AvgIpc) is 2.18. The molecule has 0 spiro atoms. The Morgan fingerprint density at radius 1 is 1.46 bits per heavy atom. The third kappa shape index (κ3) is 2.46. The van der Waals surface area contributed by atoms with Gasteiger partial charge in [0.2, 0.25) is 0 Å². The van der Waals surface area contributed by atoms with Gasteiger partial charge in [-0.15, -0.1) is 0 Å². The molecule has 0 fully saturated rings. The molecule has 68 valence electrons. The van der Waals surface area contributed by atoms with Crippen molar-refractivity contribution >= 4 is 0 Å². The van der Waals surface area contributed by atoms with Crippen LogP contribution in [0.15, 0.2) is 24.3 Å². The molecule has 0 radical (unpaired) electrons. The standard InChI is InChI=1S/C10H11NO2/c1-13-9-4-2-8(3-5-9)10(12)6-7-11/h2-5,10,12H,6H2,1H3/t10-/m0/s1. The van der Waals surface area contributed by atoms with Gasteiger partial charge in [0.15, 0.2) is 0 Å². The van der Waals surface area contributed by atoms with E-state index in [0.717, 1.165) is 11.3 Å². The van der Waals surface area contributed by atoms with Gasteiger partial charge >= 0.3 is 0 Å². The molecule has 13 heavy (non-hydrogen) atoms. The Kier molecular flexibility index (Phi) is 3.30. The zero-order valence-corrected chi connectivity index (χ0v) is 7.40. The maximum absolute atomic E-state index is 9.42. The average molecular weight is 177 g/mol. The number of nitriles is 1. The molecular formula is C10H11NO2. The van der Waals surface area contributed by atoms with E-state index >= 15 is 0 Å². The van der Waals surface area contributed by atoms with E-state index in [0.29, 0.717) is 0 Å². The fraction of sp³-hybridized carbons (Fsp3) is 0.300. The number of ether oxygens (including phenoxy) is 1. The third-order valence-corrected chi connectivity index (χ3v) is 1.79. The number of hydrogen-bond donors (Lipinski definition) is 1. The van der Waals surface area contributed by atoms with Crippen molar-refractivity contribution in [2.75, 3.05) is 7.11 Å². The maximum atomic E-state index is 9.42. The number of aliphatic hydroxyl groups is 1. The molecule has 3 nitrogen and oxygen atoms in total. The molecule has 1 rings (SSSR count). The second-order valence-electron chi connectivity index (χ2n) is 2.65. The third-order valence-electron chi connectivity index (χ3n) is 1.79. The summed E-state index contributed by atoms with van der Waals surface area (Å²) in [5.41, 5.74) is 0.738. The highest BCUT2D eigenvalue weighted by molar-refractivity contribution is 5.28. The topological polar surface area (TPSA) is 53.2 Å². The van der Waals surface area contributed by atoms with Gasteiger partial charge in [-0.1, -0.05) is 12.1 Å². The monoisotopic (exact) mass is 177 g/mol. The van der Waals surface area contributed by atoms with Gasteiger partial charge in [-0.05, 0) is 17.7 Å². The summed E-state index contributed by atoms with van der Waals surface area (Å²) in [5.74, 6) is 0.743. The molecular weight excluding hydrogens is 166 g/mol. The summed E-state index contributed by atoms with van der Waals surface area (Å²) >= 11 is 0. The van der Waals surface area contributed by atoms with Crippen LogP contribution in [0.2, 0.25) is 0 Å². The van der Waals surface area contributed by atoms with E-state index in [9.17, 15) is 5.11 Å². The van der Waals surface area contributed by atoms with Crippen molar-refractivity contribution in [3.05, 3.63) is 29.8 Å². The van der Waals surface area contributed by atoms with Crippen LogP contribution in [0.25, 0.3) is 0 Å². The van der Waals surface area contributed by atoms with Crippen LogP contribution in [-0.2, 0) is 0 Å². The van der Waals surface area contributed by atoms with E-state index in [1.54, 1.807) is 31.4 Å². The van der Waals surface area contributed by atoms with Crippen molar-refractivity contribution in [2.45, 2.75) is 12.5 Å². The molecule has 0 aliphatic heterocycles. The lowest BCUT2D eigenvalue weighted by atomic mass is 10.1. The summed E-state index contributed by atoms with van der Waals surface area (Å²) in [7, 11) is 1.58. The first-order valence-corrected chi connectivity index (χ1v) is 3.97. The van der Waals surface area contributed by atoms with Gasteiger partial charge in [0.1, 0.15) is 5.75 Å². The first-order chi connectivity index (χ1) is 6.27. The number of benzene rings is 1. The van der Waals surface area contributed by atoms with Gasteiger partial charge in [-0.2, -0.15) is 5.26 Å². The lowest BCUT2D eigenvalue weighted by Crippen LogP contribution is -1.95. The summed E-state index contributed by atoms with van der Waals surface area (Å²) in [6.45, 7) is 0. The molecule has 0 bridgehead atoms. The minimum atomic E-state index is -0.698. The highest BCUT2D eigenvalue weighted by Crippen LogP contribution is 2.19. The minimum Gasteiger partial charge on any atom is -0.497 e. The molecule has 0 heterocycles. The van der Waals surface area contributed by atoms with Gasteiger partial charge in [0.05, 0.1) is 25.7 Å². The van der Waals surface area contributed by atoms with Crippen molar-refractivity contribution in [2.24, 2.45) is 0 Å². The fourth-order valence-corrected chi connectivity index (χ4v) is 1.03. The first-order valence-electron chi connectivity index (χ1n) is 3.97. The highest BCUT2D eigenvalue weighted by atomic mass is 16.5. The number of nitrogens with zero attached hydrogens (tertiary/aromatic N) is 1. The van der Waals surface area contributed by atoms with Crippen LogP contribution in [0.4, 0.5) is 0 Å². The smallest absolute Gasteiger partial charge is 0.118 e. The van der Waals surface area contributed by atoms with Crippen LogP contribution in [0, 0.1) is 11.3 Å². The summed E-state index contributed by atoms with van der Waals surface area (Å²) in [4.78, 5) is 0. The molecule has 0 unspecified atom stereocenters. The van der Waals surface area contributed by atoms with E-state index in [2.05, 4.69) is 0 Å². The van der Waals surface area contributed by atoms with Crippen LogP contribution in [0.1, 0.15) is 18.1 Å². The Bertz CT molecular complexity index is 300. The lowest BCUT2D eigenvalue weighted by molar-refractivity contribution is 0.183. The summed E-state index contributed by atoms with van der Waals surface area (Å²) in [6.07, 6.45) is -0.581. The number of methoxy groups -OCH3 is 1. The number of hydrogen-bond acceptors (Lipinski definition) is 3. The fourth-order valence-electron chi connectivity index (χ4n) is 1.03. The first kappa shape index (κ1) is 9.56. The molecule has 1 aromatic rings. The van der Waals surface area contributed by atoms with Gasteiger partial charge < -0.3 is 9.84 Å². The van der Waals surface area contributed by atoms with Gasteiger partial charge in [-0.3, -0.25) is 0 Å². The summed E-state index contributed by atoms with van der Waals surface area (Å²) in [6, 6.07) is 8.93. The molecule has 0 aliphatic carbocycles. The normalized spacial score (nSPS) is 11.8. The van der Waals surface area contributed by atoms with Crippen LogP contribution < -0.4 is 4.74 Å². The van der Waals surface area contributed by atoms with Gasteiger partial charge in [-0.25, -0.2) is 0 Å². The van der Waals surface area contributed by atoms with Crippen molar-refractivity contribution < 1.29 is 9.84 Å². The Morgan fingerprint density at radius 3 is 2.54 bits per heavy atom. The Labute approximate surface area is 77.2 Å². The second kappa shape index (κ2) is 4.48. The van der Waals surface area contributed by atoms with Gasteiger partial charge in [0, 0.05) is 0 Å². The van der Waals surface area contributed by atoms with Crippen LogP contribution in [-0.4, -0.2) is 12.2 Å². The Morgan fingerprint density at radius 2 is 2.08 bits per heavy atom. The van der Waals surface area contributed by atoms with Crippen molar-refractivity contribution in [1.29, 1.82) is 5.26 Å². The van der Waals surface area contributed by atoms with E-state index in [1.165, 1.54) is 0 Å². The Balaban J connectivity index is 2.74. The summed E-state index contributed by atoms with van der Waals surface area (Å²) in [5, 5.41) is 17.8. The largest absolute Gasteiger partial charge is 0.497 e. The van der Waals surface area contributed by atoms with Crippen molar-refractivity contribution in [1.82, 2.24) is 0 Å². The molecule has 0 saturated heterocycles. The molecule has 1 atom stereocenters. The number of rotatable bonds is 3. The minimum absolute atomic E-state index is 0.117. The van der Waals surface area contributed by atoms with Gasteiger partial charge in [0.25, 0.3) is 0 Å². The highest BCUT2D eigenvalue weighted by Gasteiger charge is 2.05. The predicted molar refractivity (Wildman–Crippen MR) is 48.2 cm³/mol. The maximum Gasteiger partial charge on any atom is 0.118 e. The van der Waals surface area contributed by atoms with E-state index in [-0.39, 0.29) is 6.42 Å². The van der Waals surface area contributed by atoms with E-state index in [4.69, 9.17) is 10.00 Å². The molecule has 0 saturated carbocycles.